The molecule has 34 heavy (non-hydrogen) atoms. The van der Waals surface area contributed by atoms with E-state index in [0.717, 1.165) is 12.0 Å². The van der Waals surface area contributed by atoms with Gasteiger partial charge in [-0.25, -0.2) is 4.79 Å². The highest BCUT2D eigenvalue weighted by Crippen LogP contribution is 2.38. The third kappa shape index (κ3) is 3.15. The van der Waals surface area contributed by atoms with Crippen molar-refractivity contribution in [1.82, 2.24) is 9.80 Å². The van der Waals surface area contributed by atoms with Crippen molar-refractivity contribution in [3.8, 4) is 0 Å². The first-order valence-corrected chi connectivity index (χ1v) is 10.0. The van der Waals surface area contributed by atoms with Gasteiger partial charge in [0.25, 0.3) is 30.1 Å². The quantitative estimate of drug-likeness (QED) is 0.280. The highest BCUT2D eigenvalue weighted by Gasteiger charge is 2.44. The molecule has 2 aliphatic heterocycles. The summed E-state index contributed by atoms with van der Waals surface area (Å²) in [5, 5.41) is 19.4. The minimum atomic E-state index is -1.58. The Kier molecular flexibility index (Phi) is 5.85. The number of nitrogens with zero attached hydrogens (tertiary/aromatic N) is 2. The number of benzene rings is 2. The second-order valence-corrected chi connectivity index (χ2v) is 7.52. The Morgan fingerprint density at radius 1 is 0.853 bits per heavy atom. The van der Waals surface area contributed by atoms with Crippen LogP contribution in [0.15, 0.2) is 24.3 Å². The predicted octanol–water partition coefficient (Wildman–Crippen LogP) is -0.900. The Morgan fingerprint density at radius 3 is 1.65 bits per heavy atom. The molecule has 0 radical (unpaired) electrons. The summed E-state index contributed by atoms with van der Waals surface area (Å²) < 4.78 is 9.21. The predicted molar refractivity (Wildman–Crippen MR) is 111 cm³/mol. The number of carbonyl (C=O) groups excluding carboxylic acids is 6. The molecule has 2 heterocycles. The molecular weight excluding hydrogens is 452 g/mol. The molecule has 2 aromatic carbocycles. The number of hydrogen-bond acceptors (Lipinski definition) is 10. The lowest BCUT2D eigenvalue weighted by Gasteiger charge is -2.35. The second kappa shape index (κ2) is 8.65. The maximum atomic E-state index is 13.2. The van der Waals surface area contributed by atoms with E-state index >= 15 is 0 Å². The fraction of sp³-hybridized carbons (Fsp3) is 0.273. The molecule has 0 fully saturated rings. The number of imide groups is 2. The van der Waals surface area contributed by atoms with E-state index in [1.54, 1.807) is 0 Å². The molecule has 2 N–H and O–H groups in total. The lowest BCUT2D eigenvalue weighted by Crippen LogP contribution is -2.53. The van der Waals surface area contributed by atoms with Gasteiger partial charge in [0.05, 0.1) is 26.4 Å². The molecule has 0 saturated heterocycles. The van der Waals surface area contributed by atoms with Crippen LogP contribution in [-0.4, -0.2) is 95.1 Å². The van der Waals surface area contributed by atoms with Crippen LogP contribution in [0.25, 0.3) is 10.8 Å². The maximum absolute atomic E-state index is 13.2. The number of carbonyl (C=O) groups is 6. The van der Waals surface area contributed by atoms with Crippen LogP contribution >= 0.6 is 0 Å². The summed E-state index contributed by atoms with van der Waals surface area (Å²) >= 11 is 0. The number of aliphatic hydroxyl groups is 2. The van der Waals surface area contributed by atoms with E-state index in [0.29, 0.717) is 4.90 Å². The maximum Gasteiger partial charge on any atom is 0.331 e. The lowest BCUT2D eigenvalue weighted by atomic mass is 9.85. The molecule has 0 bridgehead atoms. The monoisotopic (exact) mass is 470 g/mol. The van der Waals surface area contributed by atoms with Crippen LogP contribution in [0, 0.1) is 0 Å². The molecule has 4 amide bonds. The number of esters is 1. The summed E-state index contributed by atoms with van der Waals surface area (Å²) in [6.07, 6.45) is 0. The summed E-state index contributed by atoms with van der Waals surface area (Å²) in [7, 11) is 1.05. The number of aliphatic hydroxyl groups excluding tert-OH is 2. The number of amides is 4. The normalized spacial score (nSPS) is 16.6. The lowest BCUT2D eigenvalue weighted by molar-refractivity contribution is -0.146. The van der Waals surface area contributed by atoms with Crippen LogP contribution in [-0.2, 0) is 19.1 Å². The first kappa shape index (κ1) is 23.0. The minimum Gasteiger partial charge on any atom is -0.467 e. The van der Waals surface area contributed by atoms with Gasteiger partial charge in [-0.05, 0) is 24.3 Å². The van der Waals surface area contributed by atoms with Crippen LogP contribution in [0.4, 0.5) is 0 Å². The van der Waals surface area contributed by atoms with Gasteiger partial charge < -0.3 is 19.7 Å². The van der Waals surface area contributed by atoms with Gasteiger partial charge >= 0.3 is 5.97 Å². The molecule has 12 heteroatoms. The van der Waals surface area contributed by atoms with E-state index in [1.165, 1.54) is 24.3 Å². The van der Waals surface area contributed by atoms with E-state index < -0.39 is 61.5 Å². The molecule has 2 atom stereocenters. The fourth-order valence-corrected chi connectivity index (χ4v) is 4.28. The summed E-state index contributed by atoms with van der Waals surface area (Å²) in [5.74, 6) is -4.41. The van der Waals surface area contributed by atoms with Gasteiger partial charge in [0.2, 0.25) is 0 Å². The number of rotatable bonds is 8. The highest BCUT2D eigenvalue weighted by atomic mass is 16.5. The molecule has 0 aliphatic carbocycles. The molecule has 2 aromatic rings. The van der Waals surface area contributed by atoms with Crippen LogP contribution < -0.4 is 0 Å². The van der Waals surface area contributed by atoms with Gasteiger partial charge in [0, 0.05) is 33.0 Å². The molecule has 0 aromatic heterocycles. The second-order valence-electron chi connectivity index (χ2n) is 7.52. The van der Waals surface area contributed by atoms with Gasteiger partial charge in [-0.2, -0.15) is 0 Å². The minimum absolute atomic E-state index is 0.000444. The summed E-state index contributed by atoms with van der Waals surface area (Å²) in [4.78, 5) is 76.7. The molecule has 2 aliphatic rings. The van der Waals surface area contributed by atoms with Gasteiger partial charge in [-0.3, -0.25) is 33.8 Å². The van der Waals surface area contributed by atoms with Crippen molar-refractivity contribution in [2.45, 2.75) is 12.1 Å². The Hall–Kier alpha value is -4.16. The number of hydrogen-bond donors (Lipinski definition) is 2. The molecule has 0 saturated carbocycles. The van der Waals surface area contributed by atoms with Crippen LogP contribution in [0.5, 0.6) is 0 Å². The van der Waals surface area contributed by atoms with Crippen molar-refractivity contribution in [3.63, 3.8) is 0 Å². The summed E-state index contributed by atoms with van der Waals surface area (Å²) in [6, 6.07) is 2.41. The van der Waals surface area contributed by atoms with Crippen molar-refractivity contribution in [2.75, 3.05) is 26.9 Å². The zero-order valence-electron chi connectivity index (χ0n) is 17.7. The van der Waals surface area contributed by atoms with Crippen molar-refractivity contribution in [3.05, 3.63) is 46.5 Å². The highest BCUT2D eigenvalue weighted by molar-refractivity contribution is 6.33. The average molecular weight is 470 g/mol. The molecule has 176 valence electrons. The van der Waals surface area contributed by atoms with Crippen LogP contribution in [0.2, 0.25) is 0 Å². The molecule has 12 nitrogen and oxygen atoms in total. The number of methoxy groups -OCH3 is 1. The van der Waals surface area contributed by atoms with Gasteiger partial charge in [-0.1, -0.05) is 0 Å². The Balaban J connectivity index is 1.89. The van der Waals surface area contributed by atoms with Crippen molar-refractivity contribution >= 4 is 46.8 Å². The molecular formula is C22H18N2O10. The SMILES string of the molecule is COC(=O)C(CO)N1C(=O)c2ccc3c4c(ccc(c24)C1=O)C(=O)N(C(CO)COC=O)C3=O. The Morgan fingerprint density at radius 2 is 1.29 bits per heavy atom. The first-order valence-electron chi connectivity index (χ1n) is 10.0. The van der Waals surface area contributed by atoms with Crippen LogP contribution in [0.1, 0.15) is 41.4 Å². The van der Waals surface area contributed by atoms with Gasteiger partial charge in [0.15, 0.2) is 6.04 Å². The van der Waals surface area contributed by atoms with E-state index in [9.17, 15) is 39.0 Å². The third-order valence-corrected chi connectivity index (χ3v) is 5.85. The van der Waals surface area contributed by atoms with Crippen molar-refractivity contribution in [1.29, 1.82) is 0 Å². The topological polar surface area (TPSA) is 168 Å². The first-order chi connectivity index (χ1) is 16.3. The van der Waals surface area contributed by atoms with E-state index in [1.807, 2.05) is 0 Å². The van der Waals surface area contributed by atoms with Gasteiger partial charge in [-0.15, -0.1) is 0 Å². The zero-order chi connectivity index (χ0) is 24.7. The summed E-state index contributed by atoms with van der Waals surface area (Å²) in [5.41, 5.74) is -0.0924. The van der Waals surface area contributed by atoms with E-state index in [4.69, 9.17) is 0 Å². The Bertz CT molecular complexity index is 1200. The smallest absolute Gasteiger partial charge is 0.331 e. The van der Waals surface area contributed by atoms with Gasteiger partial charge in [0.1, 0.15) is 6.61 Å². The molecule has 0 spiro atoms. The van der Waals surface area contributed by atoms with Crippen LogP contribution in [0.3, 0.4) is 0 Å². The molecule has 2 unspecified atom stereocenters. The molecule has 4 rings (SSSR count). The zero-order valence-corrected chi connectivity index (χ0v) is 17.7. The van der Waals surface area contributed by atoms with Crippen molar-refractivity contribution < 1.29 is 48.5 Å². The standard InChI is InChI=1S/C22H18N2O10/c1-33-22(32)15(7-26)24-20(30)13-4-2-11-16-12(3-5-14(17(13)16)21(24)31)19(29)23(18(11)28)10(6-25)8-34-9-27/h2-5,9-10,15,25-26H,6-8H2,1H3. The Labute approximate surface area is 191 Å². The fourth-order valence-electron chi connectivity index (χ4n) is 4.28. The van der Waals surface area contributed by atoms with E-state index in [2.05, 4.69) is 9.47 Å². The largest absolute Gasteiger partial charge is 0.467 e. The summed E-state index contributed by atoms with van der Waals surface area (Å²) in [6.45, 7) is -1.83. The third-order valence-electron chi connectivity index (χ3n) is 5.85. The van der Waals surface area contributed by atoms with E-state index in [-0.39, 0.29) is 39.5 Å². The van der Waals surface area contributed by atoms with Crippen molar-refractivity contribution in [2.24, 2.45) is 0 Å². The number of ether oxygens (including phenoxy) is 2. The average Bonchev–Trinajstić information content (AvgIpc) is 2.85.